The second-order valence-corrected chi connectivity index (χ2v) is 7.71. The SMILES string of the molecule is Cc1ccc(C(=O)C2C=c3c(ccc4c3=CCc3ccccc3-4)CC2)cc1. The highest BCUT2D eigenvalue weighted by Gasteiger charge is 2.22. The lowest BCUT2D eigenvalue weighted by molar-refractivity contribution is 0.0947. The summed E-state index contributed by atoms with van der Waals surface area (Å²) in [6.07, 6.45) is 7.39. The Kier molecular flexibility index (Phi) is 3.82. The van der Waals surface area contributed by atoms with Crippen molar-refractivity contribution in [3.05, 3.63) is 93.4 Å². The number of carbonyl (C=O) groups excluding carboxylic acids is 1. The molecule has 0 radical (unpaired) electrons. The molecule has 0 aliphatic heterocycles. The minimum Gasteiger partial charge on any atom is -0.294 e. The lowest BCUT2D eigenvalue weighted by atomic mass is 9.82. The van der Waals surface area contributed by atoms with Crippen LogP contribution in [0.5, 0.6) is 0 Å². The van der Waals surface area contributed by atoms with Gasteiger partial charge in [-0.3, -0.25) is 4.79 Å². The molecule has 0 saturated carbocycles. The minimum absolute atomic E-state index is 0.0303. The third kappa shape index (κ3) is 2.75. The Labute approximate surface area is 159 Å². The van der Waals surface area contributed by atoms with Gasteiger partial charge in [0.05, 0.1) is 0 Å². The molecule has 1 nitrogen and oxygen atoms in total. The van der Waals surface area contributed by atoms with Crippen molar-refractivity contribution < 1.29 is 4.79 Å². The van der Waals surface area contributed by atoms with Crippen LogP contribution in [0.15, 0.2) is 60.7 Å². The molecule has 0 heterocycles. The highest BCUT2D eigenvalue weighted by atomic mass is 16.1. The summed E-state index contributed by atoms with van der Waals surface area (Å²) in [7, 11) is 0. The Morgan fingerprint density at radius 3 is 2.52 bits per heavy atom. The van der Waals surface area contributed by atoms with Crippen LogP contribution >= 0.6 is 0 Å². The largest absolute Gasteiger partial charge is 0.294 e. The van der Waals surface area contributed by atoms with Crippen LogP contribution < -0.4 is 10.4 Å². The number of rotatable bonds is 2. The van der Waals surface area contributed by atoms with E-state index in [-0.39, 0.29) is 11.7 Å². The van der Waals surface area contributed by atoms with E-state index in [0.29, 0.717) is 0 Å². The van der Waals surface area contributed by atoms with E-state index in [1.165, 1.54) is 38.3 Å². The molecule has 1 heteroatoms. The fourth-order valence-electron chi connectivity index (χ4n) is 4.46. The predicted molar refractivity (Wildman–Crippen MR) is 111 cm³/mol. The summed E-state index contributed by atoms with van der Waals surface area (Å²) in [6.45, 7) is 2.05. The zero-order chi connectivity index (χ0) is 18.4. The van der Waals surface area contributed by atoms with Crippen LogP contribution in [0.2, 0.25) is 0 Å². The van der Waals surface area contributed by atoms with Gasteiger partial charge in [0.1, 0.15) is 0 Å². The zero-order valence-electron chi connectivity index (χ0n) is 15.5. The lowest BCUT2D eigenvalue weighted by Gasteiger charge is -2.21. The molecule has 0 amide bonds. The summed E-state index contributed by atoms with van der Waals surface area (Å²) < 4.78 is 0. The zero-order valence-corrected chi connectivity index (χ0v) is 15.5. The van der Waals surface area contributed by atoms with Gasteiger partial charge < -0.3 is 0 Å². The van der Waals surface area contributed by atoms with Crippen LogP contribution in [0.1, 0.15) is 33.5 Å². The topological polar surface area (TPSA) is 17.1 Å². The summed E-state index contributed by atoms with van der Waals surface area (Å²) in [6, 6.07) is 21.1. The molecule has 0 spiro atoms. The molecule has 27 heavy (non-hydrogen) atoms. The van der Waals surface area contributed by atoms with Crippen molar-refractivity contribution in [1.29, 1.82) is 0 Å². The van der Waals surface area contributed by atoms with E-state index in [2.05, 4.69) is 55.5 Å². The Bertz CT molecular complexity index is 1170. The molecule has 3 aromatic carbocycles. The van der Waals surface area contributed by atoms with E-state index in [9.17, 15) is 4.79 Å². The van der Waals surface area contributed by atoms with Crippen molar-refractivity contribution in [3.63, 3.8) is 0 Å². The Hall–Kier alpha value is -2.93. The van der Waals surface area contributed by atoms with E-state index in [1.807, 2.05) is 24.3 Å². The first-order valence-corrected chi connectivity index (χ1v) is 9.74. The molecule has 0 fully saturated rings. The quantitative estimate of drug-likeness (QED) is 0.632. The van der Waals surface area contributed by atoms with Crippen LogP contribution in [-0.4, -0.2) is 5.78 Å². The fourth-order valence-corrected chi connectivity index (χ4v) is 4.46. The van der Waals surface area contributed by atoms with E-state index < -0.39 is 0 Å². The summed E-state index contributed by atoms with van der Waals surface area (Å²) in [5, 5.41) is 2.59. The van der Waals surface area contributed by atoms with Gasteiger partial charge in [-0.15, -0.1) is 0 Å². The van der Waals surface area contributed by atoms with Crippen molar-refractivity contribution in [2.75, 3.05) is 0 Å². The smallest absolute Gasteiger partial charge is 0.169 e. The molecule has 0 aromatic heterocycles. The molecule has 0 bridgehead atoms. The first kappa shape index (κ1) is 16.3. The van der Waals surface area contributed by atoms with Crippen molar-refractivity contribution in [2.24, 2.45) is 5.92 Å². The van der Waals surface area contributed by atoms with Crippen LogP contribution in [0.25, 0.3) is 23.3 Å². The Balaban J connectivity index is 1.62. The van der Waals surface area contributed by atoms with Gasteiger partial charge in [-0.2, -0.15) is 0 Å². The van der Waals surface area contributed by atoms with E-state index >= 15 is 0 Å². The maximum Gasteiger partial charge on any atom is 0.169 e. The first-order chi connectivity index (χ1) is 13.2. The van der Waals surface area contributed by atoms with E-state index in [1.54, 1.807) is 0 Å². The number of benzene rings is 3. The molecule has 2 aliphatic rings. The average molecular weight is 350 g/mol. The molecule has 132 valence electrons. The highest BCUT2D eigenvalue weighted by Crippen LogP contribution is 2.26. The van der Waals surface area contributed by atoms with Crippen molar-refractivity contribution in [2.45, 2.75) is 26.2 Å². The van der Waals surface area contributed by atoms with E-state index in [4.69, 9.17) is 0 Å². The molecular formula is C26H22O. The minimum atomic E-state index is -0.0303. The molecular weight excluding hydrogens is 328 g/mol. The summed E-state index contributed by atoms with van der Waals surface area (Å²) >= 11 is 0. The molecule has 1 atom stereocenters. The van der Waals surface area contributed by atoms with Crippen LogP contribution in [0, 0.1) is 12.8 Å². The Morgan fingerprint density at radius 1 is 0.852 bits per heavy atom. The van der Waals surface area contributed by atoms with Crippen LogP contribution in [0.4, 0.5) is 0 Å². The molecule has 0 N–H and O–H groups in total. The average Bonchev–Trinajstić information content (AvgIpc) is 2.73. The Morgan fingerprint density at radius 2 is 1.67 bits per heavy atom. The number of hydrogen-bond acceptors (Lipinski definition) is 1. The summed E-state index contributed by atoms with van der Waals surface area (Å²) in [5.41, 5.74) is 7.40. The number of carbonyl (C=O) groups is 1. The number of hydrogen-bond donors (Lipinski definition) is 0. The molecule has 5 rings (SSSR count). The second kappa shape index (κ2) is 6.35. The predicted octanol–water partition coefficient (Wildman–Crippen LogP) is 4.22. The van der Waals surface area contributed by atoms with Crippen molar-refractivity contribution in [1.82, 2.24) is 0 Å². The standard InChI is InChI=1S/C26H22O/c1-17-6-8-20(9-7-17)26(27)21-11-10-19-13-14-23-22-5-3-2-4-18(22)12-15-24(23)25(19)16-21/h2-9,13-16,21H,10-12H2,1H3. The summed E-state index contributed by atoms with van der Waals surface area (Å²) in [4.78, 5) is 13.0. The van der Waals surface area contributed by atoms with Crippen LogP contribution in [-0.2, 0) is 12.8 Å². The molecule has 3 aromatic rings. The summed E-state index contributed by atoms with van der Waals surface area (Å²) in [5.74, 6) is 0.215. The van der Waals surface area contributed by atoms with Crippen LogP contribution in [0.3, 0.4) is 0 Å². The fraction of sp³-hybridized carbons (Fsp3) is 0.192. The van der Waals surface area contributed by atoms with Gasteiger partial charge >= 0.3 is 0 Å². The monoisotopic (exact) mass is 350 g/mol. The maximum atomic E-state index is 13.0. The van der Waals surface area contributed by atoms with E-state index in [0.717, 1.165) is 24.8 Å². The molecule has 0 saturated heterocycles. The molecule has 1 unspecified atom stereocenters. The van der Waals surface area contributed by atoms with Crippen molar-refractivity contribution in [3.8, 4) is 11.1 Å². The second-order valence-electron chi connectivity index (χ2n) is 7.71. The van der Waals surface area contributed by atoms with Gasteiger partial charge in [0.25, 0.3) is 0 Å². The highest BCUT2D eigenvalue weighted by molar-refractivity contribution is 6.01. The van der Waals surface area contributed by atoms with Gasteiger partial charge in [-0.25, -0.2) is 0 Å². The maximum absolute atomic E-state index is 13.0. The third-order valence-corrected chi connectivity index (χ3v) is 5.98. The number of Topliss-reactive ketones (excluding diaryl/α,β-unsaturated/α-hetero) is 1. The van der Waals surface area contributed by atoms with Gasteiger partial charge in [0, 0.05) is 11.5 Å². The number of ketones is 1. The lowest BCUT2D eigenvalue weighted by Crippen LogP contribution is -2.37. The normalized spacial score (nSPS) is 17.0. The van der Waals surface area contributed by atoms with Gasteiger partial charge in [0.2, 0.25) is 0 Å². The number of fused-ring (bicyclic) bond motifs is 5. The third-order valence-electron chi connectivity index (χ3n) is 5.98. The van der Waals surface area contributed by atoms with Gasteiger partial charge in [-0.05, 0) is 58.9 Å². The first-order valence-electron chi connectivity index (χ1n) is 9.74. The number of aryl methyl sites for hydroxylation is 2. The molecule has 2 aliphatic carbocycles. The van der Waals surface area contributed by atoms with Gasteiger partial charge in [0.15, 0.2) is 5.78 Å². The van der Waals surface area contributed by atoms with Gasteiger partial charge in [-0.1, -0.05) is 78.4 Å². The van der Waals surface area contributed by atoms with Crippen molar-refractivity contribution >= 4 is 17.9 Å².